The van der Waals surface area contributed by atoms with E-state index in [0.717, 1.165) is 12.3 Å². The Labute approximate surface area is 99.4 Å². The van der Waals surface area contributed by atoms with Crippen LogP contribution in [-0.2, 0) is 0 Å². The van der Waals surface area contributed by atoms with Crippen LogP contribution in [0.3, 0.4) is 0 Å². The van der Waals surface area contributed by atoms with Crippen molar-refractivity contribution in [1.29, 1.82) is 0 Å². The standard InChI is InChI=1S/C13H26N2O/c1-9-6-7-11(10(2)8-9)14-12(16)15-13(3,4)5/h9-11H,6-8H2,1-5H3,(H2,14,15,16). The molecule has 0 radical (unpaired) electrons. The highest BCUT2D eigenvalue weighted by Crippen LogP contribution is 2.28. The smallest absolute Gasteiger partial charge is 0.315 e. The number of urea groups is 1. The zero-order chi connectivity index (χ0) is 12.3. The van der Waals surface area contributed by atoms with Crippen LogP contribution in [0.1, 0.15) is 53.9 Å². The molecule has 3 heteroatoms. The van der Waals surface area contributed by atoms with E-state index in [9.17, 15) is 4.79 Å². The number of carbonyl (C=O) groups is 1. The third kappa shape index (κ3) is 4.42. The number of amides is 2. The van der Waals surface area contributed by atoms with Crippen LogP contribution in [0.15, 0.2) is 0 Å². The summed E-state index contributed by atoms with van der Waals surface area (Å²) < 4.78 is 0. The fraction of sp³-hybridized carbons (Fsp3) is 0.923. The molecular weight excluding hydrogens is 200 g/mol. The van der Waals surface area contributed by atoms with Crippen LogP contribution >= 0.6 is 0 Å². The lowest BCUT2D eigenvalue weighted by molar-refractivity contribution is 0.200. The van der Waals surface area contributed by atoms with E-state index in [1.54, 1.807) is 0 Å². The Morgan fingerprint density at radius 3 is 2.31 bits per heavy atom. The predicted octanol–water partition coefficient (Wildman–Crippen LogP) is 2.91. The molecule has 1 fully saturated rings. The van der Waals surface area contributed by atoms with Crippen molar-refractivity contribution in [3.8, 4) is 0 Å². The third-order valence-corrected chi connectivity index (χ3v) is 3.24. The summed E-state index contributed by atoms with van der Waals surface area (Å²) >= 11 is 0. The van der Waals surface area contributed by atoms with Crippen molar-refractivity contribution in [2.75, 3.05) is 0 Å². The molecule has 1 saturated carbocycles. The number of hydrogen-bond acceptors (Lipinski definition) is 1. The van der Waals surface area contributed by atoms with Gasteiger partial charge < -0.3 is 10.6 Å². The maximum Gasteiger partial charge on any atom is 0.315 e. The first-order valence-electron chi connectivity index (χ1n) is 6.36. The van der Waals surface area contributed by atoms with Crippen LogP contribution in [-0.4, -0.2) is 17.6 Å². The lowest BCUT2D eigenvalue weighted by atomic mass is 9.80. The molecule has 0 heterocycles. The Morgan fingerprint density at radius 1 is 1.19 bits per heavy atom. The van der Waals surface area contributed by atoms with Crippen LogP contribution in [0, 0.1) is 11.8 Å². The second-order valence-corrected chi connectivity index (χ2v) is 6.35. The fourth-order valence-electron chi connectivity index (χ4n) is 2.42. The highest BCUT2D eigenvalue weighted by atomic mass is 16.2. The lowest BCUT2D eigenvalue weighted by Gasteiger charge is -2.34. The summed E-state index contributed by atoms with van der Waals surface area (Å²) in [6.45, 7) is 10.5. The van der Waals surface area contributed by atoms with E-state index >= 15 is 0 Å². The van der Waals surface area contributed by atoms with Gasteiger partial charge in [0.2, 0.25) is 0 Å². The number of rotatable bonds is 1. The van der Waals surface area contributed by atoms with Crippen molar-refractivity contribution >= 4 is 6.03 Å². The van der Waals surface area contributed by atoms with Gasteiger partial charge in [0, 0.05) is 11.6 Å². The van der Waals surface area contributed by atoms with E-state index in [1.807, 2.05) is 20.8 Å². The predicted molar refractivity (Wildman–Crippen MR) is 67.4 cm³/mol. The zero-order valence-corrected chi connectivity index (χ0v) is 11.3. The maximum absolute atomic E-state index is 11.7. The van der Waals surface area contributed by atoms with E-state index < -0.39 is 0 Å². The molecule has 0 bridgehead atoms. The molecule has 2 N–H and O–H groups in total. The van der Waals surface area contributed by atoms with E-state index in [0.29, 0.717) is 12.0 Å². The SMILES string of the molecule is CC1CCC(NC(=O)NC(C)(C)C)C(C)C1. The fourth-order valence-corrected chi connectivity index (χ4v) is 2.42. The molecule has 1 aliphatic carbocycles. The maximum atomic E-state index is 11.7. The molecule has 0 saturated heterocycles. The van der Waals surface area contributed by atoms with E-state index in [4.69, 9.17) is 0 Å². The normalized spacial score (nSPS) is 30.9. The summed E-state index contributed by atoms with van der Waals surface area (Å²) in [5.74, 6) is 1.40. The molecular formula is C13H26N2O. The van der Waals surface area contributed by atoms with Gasteiger partial charge in [-0.3, -0.25) is 0 Å². The van der Waals surface area contributed by atoms with Gasteiger partial charge in [0.25, 0.3) is 0 Å². The molecule has 0 aromatic carbocycles. The quantitative estimate of drug-likeness (QED) is 0.709. The number of nitrogens with one attached hydrogen (secondary N) is 2. The molecule has 1 aliphatic rings. The van der Waals surface area contributed by atoms with Crippen LogP contribution in [0.4, 0.5) is 4.79 Å². The van der Waals surface area contributed by atoms with Gasteiger partial charge in [-0.2, -0.15) is 0 Å². The third-order valence-electron chi connectivity index (χ3n) is 3.24. The molecule has 3 nitrogen and oxygen atoms in total. The Balaban J connectivity index is 2.39. The molecule has 2 amide bonds. The topological polar surface area (TPSA) is 41.1 Å². The first kappa shape index (κ1) is 13.3. The lowest BCUT2D eigenvalue weighted by Crippen LogP contribution is -2.52. The summed E-state index contributed by atoms with van der Waals surface area (Å²) in [5, 5.41) is 6.04. The van der Waals surface area contributed by atoms with Crippen LogP contribution in [0.2, 0.25) is 0 Å². The van der Waals surface area contributed by atoms with Crippen molar-refractivity contribution in [2.24, 2.45) is 11.8 Å². The highest BCUT2D eigenvalue weighted by Gasteiger charge is 2.27. The first-order valence-corrected chi connectivity index (χ1v) is 6.36. The van der Waals surface area contributed by atoms with Gasteiger partial charge in [-0.05, 0) is 51.9 Å². The average molecular weight is 226 g/mol. The van der Waals surface area contributed by atoms with Gasteiger partial charge in [0.1, 0.15) is 0 Å². The summed E-state index contributed by atoms with van der Waals surface area (Å²) in [5.41, 5.74) is -0.157. The Kier molecular flexibility index (Phi) is 4.22. The Hall–Kier alpha value is -0.730. The van der Waals surface area contributed by atoms with Gasteiger partial charge >= 0.3 is 6.03 Å². The average Bonchev–Trinajstić information content (AvgIpc) is 2.06. The van der Waals surface area contributed by atoms with Crippen LogP contribution < -0.4 is 10.6 Å². The summed E-state index contributed by atoms with van der Waals surface area (Å²) in [6, 6.07) is 0.317. The minimum absolute atomic E-state index is 0.0288. The van der Waals surface area contributed by atoms with E-state index in [1.165, 1.54) is 12.8 Å². The molecule has 3 unspecified atom stereocenters. The molecule has 16 heavy (non-hydrogen) atoms. The molecule has 3 atom stereocenters. The van der Waals surface area contributed by atoms with Crippen molar-refractivity contribution in [3.05, 3.63) is 0 Å². The van der Waals surface area contributed by atoms with Gasteiger partial charge in [-0.25, -0.2) is 4.79 Å². The highest BCUT2D eigenvalue weighted by molar-refractivity contribution is 5.75. The second kappa shape index (κ2) is 5.07. The van der Waals surface area contributed by atoms with Crippen LogP contribution in [0.5, 0.6) is 0 Å². The van der Waals surface area contributed by atoms with E-state index in [2.05, 4.69) is 24.5 Å². The van der Waals surface area contributed by atoms with Gasteiger partial charge in [0.05, 0.1) is 0 Å². The number of hydrogen-bond donors (Lipinski definition) is 2. The Bertz CT molecular complexity index is 245. The summed E-state index contributed by atoms with van der Waals surface area (Å²) in [6.07, 6.45) is 3.56. The van der Waals surface area contributed by atoms with Gasteiger partial charge in [-0.1, -0.05) is 13.8 Å². The molecule has 0 aromatic heterocycles. The van der Waals surface area contributed by atoms with Crippen molar-refractivity contribution in [2.45, 2.75) is 65.5 Å². The largest absolute Gasteiger partial charge is 0.335 e. The monoisotopic (exact) mass is 226 g/mol. The minimum atomic E-state index is -0.157. The molecule has 0 aliphatic heterocycles. The second-order valence-electron chi connectivity index (χ2n) is 6.35. The number of carbonyl (C=O) groups excluding carboxylic acids is 1. The van der Waals surface area contributed by atoms with Gasteiger partial charge in [-0.15, -0.1) is 0 Å². The van der Waals surface area contributed by atoms with Crippen molar-refractivity contribution < 1.29 is 4.79 Å². The summed E-state index contributed by atoms with van der Waals surface area (Å²) in [7, 11) is 0. The van der Waals surface area contributed by atoms with E-state index in [-0.39, 0.29) is 11.6 Å². The first-order chi connectivity index (χ1) is 7.28. The Morgan fingerprint density at radius 2 is 1.81 bits per heavy atom. The summed E-state index contributed by atoms with van der Waals surface area (Å²) in [4.78, 5) is 11.7. The zero-order valence-electron chi connectivity index (χ0n) is 11.3. The van der Waals surface area contributed by atoms with Crippen LogP contribution in [0.25, 0.3) is 0 Å². The van der Waals surface area contributed by atoms with Crippen molar-refractivity contribution in [3.63, 3.8) is 0 Å². The molecule has 0 spiro atoms. The molecule has 1 rings (SSSR count). The molecule has 0 aromatic rings. The van der Waals surface area contributed by atoms with Gasteiger partial charge in [0.15, 0.2) is 0 Å². The van der Waals surface area contributed by atoms with Crippen molar-refractivity contribution in [1.82, 2.24) is 10.6 Å². The molecule has 94 valence electrons. The minimum Gasteiger partial charge on any atom is -0.335 e.